The predicted octanol–water partition coefficient (Wildman–Crippen LogP) is 3.17. The fourth-order valence-corrected chi connectivity index (χ4v) is 3.09. The molecule has 1 aromatic carbocycles. The van der Waals surface area contributed by atoms with E-state index in [-0.39, 0.29) is 0 Å². The molecule has 1 aromatic rings. The highest BCUT2D eigenvalue weighted by atomic mass is 32.2. The van der Waals surface area contributed by atoms with Crippen LogP contribution in [0.15, 0.2) is 29.2 Å². The SMILES string of the molecule is CCC(NC)C(C)Sc1ccccc1OC. The molecule has 0 aliphatic carbocycles. The van der Waals surface area contributed by atoms with Crippen LogP contribution in [0.3, 0.4) is 0 Å². The fraction of sp³-hybridized carbons (Fsp3) is 0.538. The van der Waals surface area contributed by atoms with E-state index in [2.05, 4.69) is 31.3 Å². The molecule has 2 nitrogen and oxygen atoms in total. The van der Waals surface area contributed by atoms with Gasteiger partial charge in [-0.25, -0.2) is 0 Å². The molecular weight excluding hydrogens is 218 g/mol. The number of hydrogen-bond donors (Lipinski definition) is 1. The van der Waals surface area contributed by atoms with Gasteiger partial charge in [-0.2, -0.15) is 0 Å². The molecule has 2 unspecified atom stereocenters. The smallest absolute Gasteiger partial charge is 0.132 e. The van der Waals surface area contributed by atoms with Gasteiger partial charge in [0.1, 0.15) is 5.75 Å². The van der Waals surface area contributed by atoms with Crippen LogP contribution in [0, 0.1) is 0 Å². The third-order valence-electron chi connectivity index (χ3n) is 2.76. The van der Waals surface area contributed by atoms with Crippen molar-refractivity contribution in [3.05, 3.63) is 24.3 Å². The molecule has 0 aliphatic heterocycles. The molecule has 0 bridgehead atoms. The Morgan fingerprint density at radius 3 is 2.62 bits per heavy atom. The summed E-state index contributed by atoms with van der Waals surface area (Å²) in [6, 6.07) is 8.72. The van der Waals surface area contributed by atoms with E-state index in [1.807, 2.05) is 30.9 Å². The number of hydrogen-bond acceptors (Lipinski definition) is 3. The Balaban J connectivity index is 2.71. The molecule has 3 heteroatoms. The molecule has 0 radical (unpaired) electrons. The summed E-state index contributed by atoms with van der Waals surface area (Å²) < 4.78 is 5.35. The van der Waals surface area contributed by atoms with Crippen LogP contribution in [0.1, 0.15) is 20.3 Å². The van der Waals surface area contributed by atoms with Gasteiger partial charge in [0.15, 0.2) is 0 Å². The van der Waals surface area contributed by atoms with E-state index in [1.165, 1.54) is 4.90 Å². The van der Waals surface area contributed by atoms with Crippen molar-refractivity contribution in [1.29, 1.82) is 0 Å². The van der Waals surface area contributed by atoms with Crippen LogP contribution in [0.5, 0.6) is 5.75 Å². The maximum absolute atomic E-state index is 5.35. The zero-order valence-electron chi connectivity index (χ0n) is 10.5. The maximum atomic E-state index is 5.35. The van der Waals surface area contributed by atoms with Crippen molar-refractivity contribution in [3.8, 4) is 5.75 Å². The van der Waals surface area contributed by atoms with Crippen LogP contribution >= 0.6 is 11.8 Å². The number of benzene rings is 1. The van der Waals surface area contributed by atoms with Crippen LogP contribution in [0.4, 0.5) is 0 Å². The lowest BCUT2D eigenvalue weighted by Gasteiger charge is -2.22. The molecule has 0 saturated carbocycles. The number of rotatable bonds is 6. The Hall–Kier alpha value is -0.670. The first-order valence-corrected chi connectivity index (χ1v) is 6.57. The minimum atomic E-state index is 0.534. The van der Waals surface area contributed by atoms with E-state index < -0.39 is 0 Å². The summed E-state index contributed by atoms with van der Waals surface area (Å²) in [5, 5.41) is 3.88. The Morgan fingerprint density at radius 2 is 2.06 bits per heavy atom. The first kappa shape index (κ1) is 13.4. The summed E-state index contributed by atoms with van der Waals surface area (Å²) in [7, 11) is 3.74. The highest BCUT2D eigenvalue weighted by Gasteiger charge is 2.16. The molecule has 0 fully saturated rings. The summed E-state index contributed by atoms with van der Waals surface area (Å²) in [5.74, 6) is 0.963. The monoisotopic (exact) mass is 239 g/mol. The topological polar surface area (TPSA) is 21.3 Å². The number of para-hydroxylation sites is 1. The maximum Gasteiger partial charge on any atom is 0.132 e. The average Bonchev–Trinajstić information content (AvgIpc) is 2.31. The van der Waals surface area contributed by atoms with Crippen LogP contribution < -0.4 is 10.1 Å². The van der Waals surface area contributed by atoms with Gasteiger partial charge in [0.2, 0.25) is 0 Å². The van der Waals surface area contributed by atoms with Gasteiger partial charge in [-0.1, -0.05) is 26.0 Å². The lowest BCUT2D eigenvalue weighted by Crippen LogP contribution is -2.33. The van der Waals surface area contributed by atoms with Crippen molar-refractivity contribution in [3.63, 3.8) is 0 Å². The number of thioether (sulfide) groups is 1. The average molecular weight is 239 g/mol. The number of methoxy groups -OCH3 is 1. The summed E-state index contributed by atoms with van der Waals surface area (Å²) in [4.78, 5) is 1.21. The van der Waals surface area contributed by atoms with E-state index in [0.29, 0.717) is 11.3 Å². The van der Waals surface area contributed by atoms with Gasteiger partial charge in [-0.05, 0) is 25.6 Å². The van der Waals surface area contributed by atoms with E-state index in [4.69, 9.17) is 4.74 Å². The van der Waals surface area contributed by atoms with Crippen molar-refractivity contribution in [2.75, 3.05) is 14.2 Å². The Kier molecular flexibility index (Phi) is 5.71. The molecule has 0 aliphatic rings. The van der Waals surface area contributed by atoms with E-state index in [9.17, 15) is 0 Å². The standard InChI is InChI=1S/C13H21NOS/c1-5-11(14-3)10(2)16-13-9-7-6-8-12(13)15-4/h6-11,14H,5H2,1-4H3. The van der Waals surface area contributed by atoms with Crippen LogP contribution in [0.2, 0.25) is 0 Å². The van der Waals surface area contributed by atoms with Gasteiger partial charge in [0.25, 0.3) is 0 Å². The van der Waals surface area contributed by atoms with Crippen molar-refractivity contribution in [2.45, 2.75) is 36.5 Å². The van der Waals surface area contributed by atoms with Gasteiger partial charge >= 0.3 is 0 Å². The van der Waals surface area contributed by atoms with E-state index in [0.717, 1.165) is 12.2 Å². The van der Waals surface area contributed by atoms with Crippen LogP contribution in [-0.2, 0) is 0 Å². The Morgan fingerprint density at radius 1 is 1.38 bits per heavy atom. The molecule has 0 saturated heterocycles. The van der Waals surface area contributed by atoms with Crippen molar-refractivity contribution < 1.29 is 4.74 Å². The Bertz CT molecular complexity index is 313. The second kappa shape index (κ2) is 6.81. The second-order valence-electron chi connectivity index (χ2n) is 3.78. The minimum absolute atomic E-state index is 0.534. The number of ether oxygens (including phenoxy) is 1. The van der Waals surface area contributed by atoms with Crippen molar-refractivity contribution in [1.82, 2.24) is 5.32 Å². The van der Waals surface area contributed by atoms with Crippen LogP contribution in [-0.4, -0.2) is 25.4 Å². The van der Waals surface area contributed by atoms with Gasteiger partial charge in [0, 0.05) is 16.2 Å². The van der Waals surface area contributed by atoms with Crippen molar-refractivity contribution in [2.24, 2.45) is 0 Å². The third-order valence-corrected chi connectivity index (χ3v) is 4.05. The molecule has 0 aromatic heterocycles. The minimum Gasteiger partial charge on any atom is -0.496 e. The summed E-state index contributed by atoms with van der Waals surface area (Å²) in [6.45, 7) is 4.46. The molecule has 1 N–H and O–H groups in total. The zero-order chi connectivity index (χ0) is 12.0. The first-order valence-electron chi connectivity index (χ1n) is 5.69. The molecule has 1 rings (SSSR count). The Labute approximate surface area is 103 Å². The highest BCUT2D eigenvalue weighted by Crippen LogP contribution is 2.33. The molecule has 0 heterocycles. The molecule has 16 heavy (non-hydrogen) atoms. The molecule has 90 valence electrons. The lowest BCUT2D eigenvalue weighted by atomic mass is 10.2. The summed E-state index contributed by atoms with van der Waals surface area (Å²) in [6.07, 6.45) is 1.14. The fourth-order valence-electron chi connectivity index (χ4n) is 1.77. The van der Waals surface area contributed by atoms with E-state index in [1.54, 1.807) is 7.11 Å². The molecular formula is C13H21NOS. The van der Waals surface area contributed by atoms with Crippen molar-refractivity contribution >= 4 is 11.8 Å². The quantitative estimate of drug-likeness (QED) is 0.770. The van der Waals surface area contributed by atoms with Gasteiger partial charge in [-0.3, -0.25) is 0 Å². The predicted molar refractivity (Wildman–Crippen MR) is 71.5 cm³/mol. The van der Waals surface area contributed by atoms with E-state index >= 15 is 0 Å². The second-order valence-corrected chi connectivity index (χ2v) is 5.20. The summed E-state index contributed by atoms with van der Waals surface area (Å²) >= 11 is 1.86. The normalized spacial score (nSPS) is 14.5. The molecule has 2 atom stereocenters. The largest absolute Gasteiger partial charge is 0.496 e. The zero-order valence-corrected chi connectivity index (χ0v) is 11.3. The van der Waals surface area contributed by atoms with Gasteiger partial charge < -0.3 is 10.1 Å². The third kappa shape index (κ3) is 3.42. The molecule has 0 amide bonds. The van der Waals surface area contributed by atoms with Gasteiger partial charge in [-0.15, -0.1) is 11.8 Å². The highest BCUT2D eigenvalue weighted by molar-refractivity contribution is 8.00. The number of nitrogens with one attached hydrogen (secondary N) is 1. The summed E-state index contributed by atoms with van der Waals surface area (Å²) in [5.41, 5.74) is 0. The van der Waals surface area contributed by atoms with Crippen LogP contribution in [0.25, 0.3) is 0 Å². The first-order chi connectivity index (χ1) is 7.72. The molecule has 0 spiro atoms. The van der Waals surface area contributed by atoms with Gasteiger partial charge in [0.05, 0.1) is 7.11 Å². The lowest BCUT2D eigenvalue weighted by molar-refractivity contribution is 0.404.